The van der Waals surface area contributed by atoms with E-state index in [9.17, 15) is 4.79 Å². The summed E-state index contributed by atoms with van der Waals surface area (Å²) >= 11 is 1.68. The maximum absolute atomic E-state index is 12.4. The molecule has 3 rings (SSSR count). The van der Waals surface area contributed by atoms with E-state index >= 15 is 0 Å². The van der Waals surface area contributed by atoms with Gasteiger partial charge in [0.2, 0.25) is 0 Å². The van der Waals surface area contributed by atoms with E-state index in [1.807, 2.05) is 6.07 Å². The van der Waals surface area contributed by atoms with E-state index in [1.165, 1.54) is 4.70 Å². The molecule has 5 nitrogen and oxygen atoms in total. The molecule has 21 heavy (non-hydrogen) atoms. The van der Waals surface area contributed by atoms with Gasteiger partial charge >= 0.3 is 0 Å². The van der Waals surface area contributed by atoms with Crippen LogP contribution < -0.4 is 5.32 Å². The maximum Gasteiger partial charge on any atom is 0.268 e. The Labute approximate surface area is 128 Å². The standard InChI is InChI=1S/C15H21N3O2S/c1-2-18-12-3-10-21-14(12)11-13(18)15(19)16-4-5-17-6-8-20-9-7-17/h3,10-11H,2,4-9H2,1H3,(H,16,19). The van der Waals surface area contributed by atoms with Crippen molar-refractivity contribution in [3.8, 4) is 0 Å². The molecule has 0 bridgehead atoms. The minimum Gasteiger partial charge on any atom is -0.379 e. The summed E-state index contributed by atoms with van der Waals surface area (Å²) < 4.78 is 8.58. The fourth-order valence-corrected chi connectivity index (χ4v) is 3.57. The number of carbonyl (C=O) groups is 1. The van der Waals surface area contributed by atoms with Gasteiger partial charge in [0, 0.05) is 32.7 Å². The van der Waals surface area contributed by atoms with Crippen molar-refractivity contribution in [1.29, 1.82) is 0 Å². The van der Waals surface area contributed by atoms with Crippen LogP contribution >= 0.6 is 11.3 Å². The van der Waals surface area contributed by atoms with Gasteiger partial charge in [0.05, 0.1) is 23.4 Å². The number of ether oxygens (including phenoxy) is 1. The van der Waals surface area contributed by atoms with E-state index < -0.39 is 0 Å². The van der Waals surface area contributed by atoms with Gasteiger partial charge in [0.1, 0.15) is 5.69 Å². The van der Waals surface area contributed by atoms with Crippen LogP contribution in [-0.4, -0.2) is 54.8 Å². The van der Waals surface area contributed by atoms with Crippen molar-refractivity contribution < 1.29 is 9.53 Å². The zero-order valence-corrected chi connectivity index (χ0v) is 13.1. The predicted octanol–water partition coefficient (Wildman–Crippen LogP) is 1.78. The lowest BCUT2D eigenvalue weighted by molar-refractivity contribution is 0.0383. The summed E-state index contributed by atoms with van der Waals surface area (Å²) in [5.41, 5.74) is 1.92. The molecular formula is C15H21N3O2S. The van der Waals surface area contributed by atoms with Crippen molar-refractivity contribution in [2.75, 3.05) is 39.4 Å². The molecule has 1 fully saturated rings. The number of aryl methyl sites for hydroxylation is 1. The number of hydrogen-bond acceptors (Lipinski definition) is 4. The molecule has 0 radical (unpaired) electrons. The third-order valence-corrected chi connectivity index (χ3v) is 4.74. The summed E-state index contributed by atoms with van der Waals surface area (Å²) in [5.74, 6) is 0.0218. The van der Waals surface area contributed by atoms with Crippen LogP contribution in [0.2, 0.25) is 0 Å². The Balaban J connectivity index is 1.59. The molecule has 1 aliphatic rings. The average Bonchev–Trinajstić information content (AvgIpc) is 3.08. The molecule has 6 heteroatoms. The van der Waals surface area contributed by atoms with Crippen LogP contribution in [0.1, 0.15) is 17.4 Å². The van der Waals surface area contributed by atoms with E-state index in [1.54, 1.807) is 11.3 Å². The SMILES string of the molecule is CCn1c(C(=O)NCCN2CCOCC2)cc2sccc21. The van der Waals surface area contributed by atoms with E-state index in [0.717, 1.165) is 50.6 Å². The van der Waals surface area contributed by atoms with Crippen LogP contribution in [0, 0.1) is 0 Å². The normalized spacial score (nSPS) is 16.4. The third-order valence-electron chi connectivity index (χ3n) is 3.89. The average molecular weight is 307 g/mol. The second-order valence-corrected chi connectivity index (χ2v) is 6.10. The molecule has 1 N–H and O–H groups in total. The molecule has 0 unspecified atom stereocenters. The van der Waals surface area contributed by atoms with Crippen LogP contribution in [-0.2, 0) is 11.3 Å². The molecule has 0 aromatic carbocycles. The number of amides is 1. The molecule has 0 aliphatic carbocycles. The van der Waals surface area contributed by atoms with Crippen molar-refractivity contribution >= 4 is 27.5 Å². The first-order valence-electron chi connectivity index (χ1n) is 7.44. The molecule has 3 heterocycles. The summed E-state index contributed by atoms with van der Waals surface area (Å²) in [4.78, 5) is 14.7. The highest BCUT2D eigenvalue weighted by molar-refractivity contribution is 7.17. The number of carbonyl (C=O) groups excluding carboxylic acids is 1. The summed E-state index contributed by atoms with van der Waals surface area (Å²) in [6, 6.07) is 4.07. The van der Waals surface area contributed by atoms with Gasteiger partial charge in [0.25, 0.3) is 5.91 Å². The zero-order chi connectivity index (χ0) is 14.7. The molecule has 0 saturated carbocycles. The van der Waals surface area contributed by atoms with Gasteiger partial charge in [-0.2, -0.15) is 0 Å². The van der Waals surface area contributed by atoms with Gasteiger partial charge in [-0.15, -0.1) is 11.3 Å². The van der Waals surface area contributed by atoms with Gasteiger partial charge in [-0.1, -0.05) is 0 Å². The topological polar surface area (TPSA) is 46.5 Å². The molecule has 1 saturated heterocycles. The molecule has 114 valence electrons. The van der Waals surface area contributed by atoms with Gasteiger partial charge in [-0.05, 0) is 24.4 Å². The molecular weight excluding hydrogens is 286 g/mol. The Hall–Kier alpha value is -1.37. The van der Waals surface area contributed by atoms with Crippen molar-refractivity contribution in [3.63, 3.8) is 0 Å². The Morgan fingerprint density at radius 1 is 1.43 bits per heavy atom. The van der Waals surface area contributed by atoms with Gasteiger partial charge in [-0.3, -0.25) is 9.69 Å². The maximum atomic E-state index is 12.4. The van der Waals surface area contributed by atoms with Gasteiger partial charge in [0.15, 0.2) is 0 Å². The smallest absolute Gasteiger partial charge is 0.268 e. The molecule has 2 aromatic rings. The lowest BCUT2D eigenvalue weighted by Gasteiger charge is -2.26. The summed E-state index contributed by atoms with van der Waals surface area (Å²) in [7, 11) is 0. The van der Waals surface area contributed by atoms with Crippen molar-refractivity contribution in [2.45, 2.75) is 13.5 Å². The third kappa shape index (κ3) is 3.12. The number of aromatic nitrogens is 1. The minimum absolute atomic E-state index is 0.0218. The number of morpholine rings is 1. The molecule has 2 aromatic heterocycles. The number of nitrogens with one attached hydrogen (secondary N) is 1. The second-order valence-electron chi connectivity index (χ2n) is 5.15. The molecule has 1 aliphatic heterocycles. The van der Waals surface area contributed by atoms with Crippen LogP contribution in [0.15, 0.2) is 17.5 Å². The Bertz CT molecular complexity index is 613. The zero-order valence-electron chi connectivity index (χ0n) is 12.3. The highest BCUT2D eigenvalue weighted by Crippen LogP contribution is 2.25. The second kappa shape index (κ2) is 6.60. The number of fused-ring (bicyclic) bond motifs is 1. The number of rotatable bonds is 5. The van der Waals surface area contributed by atoms with E-state index in [2.05, 4.69) is 33.2 Å². The quantitative estimate of drug-likeness (QED) is 0.916. The van der Waals surface area contributed by atoms with Crippen LogP contribution in [0.5, 0.6) is 0 Å². The summed E-state index contributed by atoms with van der Waals surface area (Å²) in [6.07, 6.45) is 0. The summed E-state index contributed by atoms with van der Waals surface area (Å²) in [6.45, 7) is 7.95. The lowest BCUT2D eigenvalue weighted by atomic mass is 10.3. The monoisotopic (exact) mass is 307 g/mol. The van der Waals surface area contributed by atoms with E-state index in [0.29, 0.717) is 6.54 Å². The Kier molecular flexibility index (Phi) is 4.57. The first kappa shape index (κ1) is 14.6. The largest absolute Gasteiger partial charge is 0.379 e. The molecule has 1 amide bonds. The Morgan fingerprint density at radius 2 is 2.24 bits per heavy atom. The van der Waals surface area contributed by atoms with Crippen LogP contribution in [0.3, 0.4) is 0 Å². The van der Waals surface area contributed by atoms with Crippen LogP contribution in [0.4, 0.5) is 0 Å². The van der Waals surface area contributed by atoms with E-state index in [4.69, 9.17) is 4.74 Å². The Morgan fingerprint density at radius 3 is 3.00 bits per heavy atom. The fourth-order valence-electron chi connectivity index (χ4n) is 2.75. The van der Waals surface area contributed by atoms with Crippen molar-refractivity contribution in [3.05, 3.63) is 23.2 Å². The summed E-state index contributed by atoms with van der Waals surface area (Å²) in [5, 5.41) is 5.10. The van der Waals surface area contributed by atoms with Gasteiger partial charge in [-0.25, -0.2) is 0 Å². The van der Waals surface area contributed by atoms with E-state index in [-0.39, 0.29) is 5.91 Å². The first-order valence-corrected chi connectivity index (χ1v) is 8.32. The minimum atomic E-state index is 0.0218. The van der Waals surface area contributed by atoms with Crippen molar-refractivity contribution in [1.82, 2.24) is 14.8 Å². The first-order chi connectivity index (χ1) is 10.3. The predicted molar refractivity (Wildman–Crippen MR) is 85.1 cm³/mol. The van der Waals surface area contributed by atoms with Crippen LogP contribution in [0.25, 0.3) is 10.2 Å². The van der Waals surface area contributed by atoms with Crippen molar-refractivity contribution in [2.24, 2.45) is 0 Å². The molecule has 0 spiro atoms. The number of thiophene rings is 1. The molecule has 0 atom stereocenters. The highest BCUT2D eigenvalue weighted by atomic mass is 32.1. The lowest BCUT2D eigenvalue weighted by Crippen LogP contribution is -2.41. The highest BCUT2D eigenvalue weighted by Gasteiger charge is 2.16. The van der Waals surface area contributed by atoms with Gasteiger partial charge < -0.3 is 14.6 Å². The number of nitrogens with zero attached hydrogens (tertiary/aromatic N) is 2. The number of hydrogen-bond donors (Lipinski definition) is 1. The fraction of sp³-hybridized carbons (Fsp3) is 0.533.